The molecule has 0 aliphatic carbocycles. The molecule has 4 atom stereocenters. The summed E-state index contributed by atoms with van der Waals surface area (Å²) in [4.78, 5) is 0. The molecule has 0 aromatic rings. The van der Waals surface area contributed by atoms with Gasteiger partial charge in [-0.25, -0.2) is 0 Å². The Balaban J connectivity index is 1.61. The van der Waals surface area contributed by atoms with Crippen molar-refractivity contribution in [2.24, 2.45) is 0 Å². The van der Waals surface area contributed by atoms with Crippen LogP contribution in [0.4, 0.5) is 0 Å². The van der Waals surface area contributed by atoms with Crippen LogP contribution in [-0.2, 0) is 9.47 Å². The van der Waals surface area contributed by atoms with Crippen LogP contribution in [0.5, 0.6) is 0 Å². The van der Waals surface area contributed by atoms with Gasteiger partial charge in [-0.3, -0.25) is 0 Å². The summed E-state index contributed by atoms with van der Waals surface area (Å²) < 4.78 is 11.9. The second-order valence-corrected chi connectivity index (χ2v) is 5.31. The van der Waals surface area contributed by atoms with Crippen molar-refractivity contribution in [2.75, 3.05) is 0 Å². The fourth-order valence-electron chi connectivity index (χ4n) is 2.96. The minimum absolute atomic E-state index is 0.522. The molecule has 2 aliphatic heterocycles. The van der Waals surface area contributed by atoms with Gasteiger partial charge in [0.2, 0.25) is 0 Å². The Morgan fingerprint density at radius 3 is 1.38 bits per heavy atom. The summed E-state index contributed by atoms with van der Waals surface area (Å²) >= 11 is 0. The van der Waals surface area contributed by atoms with E-state index in [9.17, 15) is 0 Å². The summed E-state index contributed by atoms with van der Waals surface area (Å²) in [5.41, 5.74) is 0. The molecule has 94 valence electrons. The lowest BCUT2D eigenvalue weighted by Gasteiger charge is -2.16. The van der Waals surface area contributed by atoms with Crippen LogP contribution in [0.3, 0.4) is 0 Å². The Kier molecular flexibility index (Phi) is 4.66. The maximum absolute atomic E-state index is 5.97. The Morgan fingerprint density at radius 2 is 1.06 bits per heavy atom. The summed E-state index contributed by atoms with van der Waals surface area (Å²) in [6, 6.07) is 0. The average molecular weight is 226 g/mol. The molecule has 0 radical (unpaired) electrons. The predicted octanol–water partition coefficient (Wildman–Crippen LogP) is 3.68. The third-order valence-corrected chi connectivity index (χ3v) is 4.11. The molecular weight excluding hydrogens is 200 g/mol. The zero-order valence-corrected chi connectivity index (χ0v) is 10.8. The first-order chi connectivity index (χ1) is 7.81. The van der Waals surface area contributed by atoms with Crippen molar-refractivity contribution in [1.82, 2.24) is 0 Å². The van der Waals surface area contributed by atoms with Gasteiger partial charge < -0.3 is 9.47 Å². The van der Waals surface area contributed by atoms with Crippen LogP contribution in [0, 0.1) is 0 Å². The molecule has 0 amide bonds. The number of ether oxygens (including phenoxy) is 2. The average Bonchev–Trinajstić information content (AvgIpc) is 2.95. The molecule has 0 N–H and O–H groups in total. The molecule has 0 bridgehead atoms. The summed E-state index contributed by atoms with van der Waals surface area (Å²) in [5.74, 6) is 0. The lowest BCUT2D eigenvalue weighted by atomic mass is 10.0. The van der Waals surface area contributed by atoms with Gasteiger partial charge in [-0.1, -0.05) is 13.8 Å². The standard InChI is InChI=1S/C14H26O2/c1-3-11-5-7-13(15-11)9-10-14-8-6-12(4-2)16-14/h11-14H,3-10H2,1-2H3. The second kappa shape index (κ2) is 6.02. The molecule has 2 aliphatic rings. The van der Waals surface area contributed by atoms with Gasteiger partial charge in [-0.15, -0.1) is 0 Å². The highest BCUT2D eigenvalue weighted by Crippen LogP contribution is 2.29. The first-order valence-electron chi connectivity index (χ1n) is 7.12. The van der Waals surface area contributed by atoms with Gasteiger partial charge in [0.05, 0.1) is 24.4 Å². The molecule has 2 heteroatoms. The largest absolute Gasteiger partial charge is 0.375 e. The normalized spacial score (nSPS) is 39.4. The highest BCUT2D eigenvalue weighted by atomic mass is 16.5. The maximum atomic E-state index is 5.97. The van der Waals surface area contributed by atoms with E-state index in [0.717, 1.165) is 0 Å². The van der Waals surface area contributed by atoms with Crippen LogP contribution in [0.15, 0.2) is 0 Å². The molecule has 0 aromatic heterocycles. The van der Waals surface area contributed by atoms with Gasteiger partial charge in [-0.2, -0.15) is 0 Å². The second-order valence-electron chi connectivity index (χ2n) is 5.31. The SMILES string of the molecule is CCC1CCC(CCC2CCC(CC)O2)O1. The van der Waals surface area contributed by atoms with Crippen molar-refractivity contribution < 1.29 is 9.47 Å². The minimum atomic E-state index is 0.522. The number of rotatable bonds is 5. The molecule has 2 saturated heterocycles. The van der Waals surface area contributed by atoms with E-state index in [-0.39, 0.29) is 0 Å². The smallest absolute Gasteiger partial charge is 0.0580 e. The fraction of sp³-hybridized carbons (Fsp3) is 1.00. The highest BCUT2D eigenvalue weighted by Gasteiger charge is 2.27. The van der Waals surface area contributed by atoms with E-state index in [0.29, 0.717) is 24.4 Å². The van der Waals surface area contributed by atoms with E-state index < -0.39 is 0 Å². The van der Waals surface area contributed by atoms with Crippen LogP contribution in [-0.4, -0.2) is 24.4 Å². The van der Waals surface area contributed by atoms with Crippen molar-refractivity contribution in [3.05, 3.63) is 0 Å². The summed E-state index contributed by atoms with van der Waals surface area (Å²) in [6.07, 6.45) is 12.0. The number of hydrogen-bond acceptors (Lipinski definition) is 2. The Bertz CT molecular complexity index is 183. The summed E-state index contributed by atoms with van der Waals surface area (Å²) in [5, 5.41) is 0. The molecule has 0 saturated carbocycles. The van der Waals surface area contributed by atoms with Gasteiger partial charge in [-0.05, 0) is 51.4 Å². The van der Waals surface area contributed by atoms with Crippen LogP contribution in [0.1, 0.15) is 65.2 Å². The first-order valence-corrected chi connectivity index (χ1v) is 7.12. The molecule has 2 heterocycles. The van der Waals surface area contributed by atoms with E-state index in [4.69, 9.17) is 9.47 Å². The molecule has 2 rings (SSSR count). The maximum Gasteiger partial charge on any atom is 0.0580 e. The monoisotopic (exact) mass is 226 g/mol. The predicted molar refractivity (Wildman–Crippen MR) is 65.6 cm³/mol. The van der Waals surface area contributed by atoms with Crippen molar-refractivity contribution in [2.45, 2.75) is 89.6 Å². The van der Waals surface area contributed by atoms with E-state index in [1.807, 2.05) is 0 Å². The Labute approximate surface area is 99.7 Å². The van der Waals surface area contributed by atoms with Crippen molar-refractivity contribution in [1.29, 1.82) is 0 Å². The highest BCUT2D eigenvalue weighted by molar-refractivity contribution is 4.77. The van der Waals surface area contributed by atoms with Gasteiger partial charge in [0.1, 0.15) is 0 Å². The zero-order valence-electron chi connectivity index (χ0n) is 10.8. The topological polar surface area (TPSA) is 18.5 Å². The van der Waals surface area contributed by atoms with Crippen LogP contribution in [0.25, 0.3) is 0 Å². The lowest BCUT2D eigenvalue weighted by molar-refractivity contribution is 0.00895. The first kappa shape index (κ1) is 12.4. The molecule has 2 fully saturated rings. The molecule has 4 unspecified atom stereocenters. The van der Waals surface area contributed by atoms with Crippen LogP contribution in [0.2, 0.25) is 0 Å². The Hall–Kier alpha value is -0.0800. The van der Waals surface area contributed by atoms with E-state index >= 15 is 0 Å². The quantitative estimate of drug-likeness (QED) is 0.712. The minimum Gasteiger partial charge on any atom is -0.375 e. The Morgan fingerprint density at radius 1 is 0.688 bits per heavy atom. The van der Waals surface area contributed by atoms with E-state index in [1.165, 1.54) is 51.4 Å². The molecular formula is C14H26O2. The molecule has 16 heavy (non-hydrogen) atoms. The summed E-state index contributed by atoms with van der Waals surface area (Å²) in [7, 11) is 0. The van der Waals surface area contributed by atoms with E-state index in [1.54, 1.807) is 0 Å². The third kappa shape index (κ3) is 3.21. The van der Waals surface area contributed by atoms with E-state index in [2.05, 4.69) is 13.8 Å². The zero-order chi connectivity index (χ0) is 11.4. The lowest BCUT2D eigenvalue weighted by Crippen LogP contribution is -2.15. The molecule has 0 spiro atoms. The fourth-order valence-corrected chi connectivity index (χ4v) is 2.96. The van der Waals surface area contributed by atoms with Crippen molar-refractivity contribution in [3.8, 4) is 0 Å². The van der Waals surface area contributed by atoms with Gasteiger partial charge in [0, 0.05) is 0 Å². The van der Waals surface area contributed by atoms with Crippen LogP contribution < -0.4 is 0 Å². The third-order valence-electron chi connectivity index (χ3n) is 4.11. The van der Waals surface area contributed by atoms with Gasteiger partial charge >= 0.3 is 0 Å². The number of hydrogen-bond donors (Lipinski definition) is 0. The van der Waals surface area contributed by atoms with Crippen molar-refractivity contribution >= 4 is 0 Å². The summed E-state index contributed by atoms with van der Waals surface area (Å²) in [6.45, 7) is 4.44. The van der Waals surface area contributed by atoms with Crippen molar-refractivity contribution in [3.63, 3.8) is 0 Å². The van der Waals surface area contributed by atoms with Gasteiger partial charge in [0.15, 0.2) is 0 Å². The molecule has 0 aromatic carbocycles. The van der Waals surface area contributed by atoms with Gasteiger partial charge in [0.25, 0.3) is 0 Å². The molecule has 2 nitrogen and oxygen atoms in total. The van der Waals surface area contributed by atoms with Crippen LogP contribution >= 0.6 is 0 Å².